The zero-order chi connectivity index (χ0) is 22.6. The van der Waals surface area contributed by atoms with Crippen molar-refractivity contribution in [3.63, 3.8) is 0 Å². The third-order valence-electron chi connectivity index (χ3n) is 4.91. The zero-order valence-corrected chi connectivity index (χ0v) is 17.3. The van der Waals surface area contributed by atoms with E-state index in [2.05, 4.69) is 5.16 Å². The van der Waals surface area contributed by atoms with E-state index in [4.69, 9.17) is 4.84 Å². The second-order valence-corrected chi connectivity index (χ2v) is 8.05. The van der Waals surface area contributed by atoms with Crippen LogP contribution in [-0.4, -0.2) is 29.2 Å². The lowest BCUT2D eigenvalue weighted by molar-refractivity contribution is -0.138. The minimum Gasteiger partial charge on any atom is -0.390 e. The number of carbonyl (C=O) groups excluding carboxylic acids is 1. The summed E-state index contributed by atoms with van der Waals surface area (Å²) in [5.41, 5.74) is 1.07. The number of oxime groups is 1. The smallest absolute Gasteiger partial charge is 0.390 e. The number of nitrogens with zero attached hydrogens (tertiary/aromatic N) is 2. The van der Waals surface area contributed by atoms with Crippen molar-refractivity contribution in [3.05, 3.63) is 71.0 Å². The molecule has 0 aliphatic carbocycles. The number of alkyl halides is 3. The van der Waals surface area contributed by atoms with Crippen LogP contribution in [0.25, 0.3) is 0 Å². The van der Waals surface area contributed by atoms with Crippen LogP contribution in [0, 0.1) is 11.7 Å². The molecule has 1 aliphatic heterocycles. The summed E-state index contributed by atoms with van der Waals surface area (Å²) in [6, 6.07) is 10.8. The van der Waals surface area contributed by atoms with E-state index in [0.717, 1.165) is 12.1 Å². The van der Waals surface area contributed by atoms with Gasteiger partial charge in [0.2, 0.25) is 5.91 Å². The number of hydrogen-bond donors (Lipinski definition) is 0. The van der Waals surface area contributed by atoms with Crippen molar-refractivity contribution < 1.29 is 27.2 Å². The average Bonchev–Trinajstić information content (AvgIpc) is 3.15. The minimum atomic E-state index is -4.41. The van der Waals surface area contributed by atoms with E-state index in [0.29, 0.717) is 29.7 Å². The van der Waals surface area contributed by atoms with Crippen LogP contribution in [0.15, 0.2) is 53.7 Å². The number of carbonyl (C=O) groups is 1. The lowest BCUT2D eigenvalue weighted by atomic mass is 10.0. The summed E-state index contributed by atoms with van der Waals surface area (Å²) in [5.74, 6) is -0.358. The first kappa shape index (κ1) is 22.8. The van der Waals surface area contributed by atoms with Gasteiger partial charge in [-0.05, 0) is 35.7 Å². The van der Waals surface area contributed by atoms with Gasteiger partial charge in [0.05, 0.1) is 17.8 Å². The first-order valence-electron chi connectivity index (χ1n) is 10.0. The molecule has 0 spiro atoms. The molecule has 1 amide bonds. The summed E-state index contributed by atoms with van der Waals surface area (Å²) in [5, 5.41) is 4.03. The molecule has 1 unspecified atom stereocenters. The predicted molar refractivity (Wildman–Crippen MR) is 109 cm³/mol. The van der Waals surface area contributed by atoms with Crippen LogP contribution < -0.4 is 0 Å². The van der Waals surface area contributed by atoms with Crippen molar-refractivity contribution in [2.45, 2.75) is 45.5 Å². The van der Waals surface area contributed by atoms with Gasteiger partial charge in [0.15, 0.2) is 6.10 Å². The largest absolute Gasteiger partial charge is 0.416 e. The molecule has 1 aliphatic rings. The number of benzene rings is 2. The van der Waals surface area contributed by atoms with Gasteiger partial charge in [0, 0.05) is 24.9 Å². The zero-order valence-electron chi connectivity index (χ0n) is 17.3. The van der Waals surface area contributed by atoms with Crippen molar-refractivity contribution in [2.75, 3.05) is 6.54 Å². The highest BCUT2D eigenvalue weighted by molar-refractivity contribution is 6.01. The first-order chi connectivity index (χ1) is 14.6. The summed E-state index contributed by atoms with van der Waals surface area (Å²) in [4.78, 5) is 19.8. The Balaban J connectivity index is 1.69. The molecule has 2 aromatic carbocycles. The van der Waals surface area contributed by atoms with Crippen LogP contribution in [0.2, 0.25) is 0 Å². The number of rotatable bonds is 7. The van der Waals surface area contributed by atoms with Gasteiger partial charge >= 0.3 is 6.18 Å². The molecule has 0 fully saturated rings. The second-order valence-electron chi connectivity index (χ2n) is 8.05. The molecule has 0 bridgehead atoms. The van der Waals surface area contributed by atoms with Crippen LogP contribution in [0.4, 0.5) is 17.6 Å². The standard InChI is InChI=1S/C23H24F4N2O2/c1-15(2)10-22(30)29(13-16-6-8-18(9-7-16)23(25,26)27)14-20-12-21(28-31-20)17-4-3-5-19(24)11-17/h3-9,11,15,20H,10,12-14H2,1-2H3. The molecule has 0 aromatic heterocycles. The summed E-state index contributed by atoms with van der Waals surface area (Å²) in [7, 11) is 0. The molecule has 31 heavy (non-hydrogen) atoms. The van der Waals surface area contributed by atoms with E-state index >= 15 is 0 Å². The minimum absolute atomic E-state index is 0.113. The molecule has 1 atom stereocenters. The fraction of sp³-hybridized carbons (Fsp3) is 0.391. The fourth-order valence-corrected chi connectivity index (χ4v) is 3.36. The normalized spacial score (nSPS) is 16.2. The Bertz CT molecular complexity index is 939. The molecule has 1 heterocycles. The summed E-state index contributed by atoms with van der Waals surface area (Å²) in [6.07, 6.45) is -4.11. The highest BCUT2D eigenvalue weighted by atomic mass is 19.4. The monoisotopic (exact) mass is 436 g/mol. The highest BCUT2D eigenvalue weighted by Crippen LogP contribution is 2.29. The maximum Gasteiger partial charge on any atom is 0.416 e. The maximum atomic E-state index is 13.5. The Morgan fingerprint density at radius 3 is 2.52 bits per heavy atom. The van der Waals surface area contributed by atoms with E-state index in [-0.39, 0.29) is 30.7 Å². The van der Waals surface area contributed by atoms with E-state index in [9.17, 15) is 22.4 Å². The van der Waals surface area contributed by atoms with Crippen molar-refractivity contribution in [1.29, 1.82) is 0 Å². The summed E-state index contributed by atoms with van der Waals surface area (Å²) < 4.78 is 51.9. The molecule has 4 nitrogen and oxygen atoms in total. The Morgan fingerprint density at radius 2 is 1.90 bits per heavy atom. The number of hydrogen-bond acceptors (Lipinski definition) is 3. The SMILES string of the molecule is CC(C)CC(=O)N(Cc1ccc(C(F)(F)F)cc1)CC1CC(c2cccc(F)c2)=NO1. The molecule has 166 valence electrons. The van der Waals surface area contributed by atoms with Crippen LogP contribution in [-0.2, 0) is 22.4 Å². The van der Waals surface area contributed by atoms with Gasteiger partial charge in [0.25, 0.3) is 0 Å². The Kier molecular flexibility index (Phi) is 6.97. The molecule has 8 heteroatoms. The molecule has 3 rings (SSSR count). The van der Waals surface area contributed by atoms with E-state index < -0.39 is 17.8 Å². The van der Waals surface area contributed by atoms with Crippen LogP contribution in [0.5, 0.6) is 0 Å². The maximum absolute atomic E-state index is 13.5. The van der Waals surface area contributed by atoms with Crippen molar-refractivity contribution >= 4 is 11.6 Å². The van der Waals surface area contributed by atoms with E-state index in [1.807, 2.05) is 13.8 Å². The summed E-state index contributed by atoms with van der Waals surface area (Å²) >= 11 is 0. The van der Waals surface area contributed by atoms with E-state index in [1.54, 1.807) is 17.0 Å². The van der Waals surface area contributed by atoms with Crippen LogP contribution >= 0.6 is 0 Å². The van der Waals surface area contributed by atoms with E-state index in [1.165, 1.54) is 24.3 Å². The van der Waals surface area contributed by atoms with Crippen molar-refractivity contribution in [3.8, 4) is 0 Å². The van der Waals surface area contributed by atoms with Gasteiger partial charge in [-0.1, -0.05) is 43.3 Å². The molecular formula is C23H24F4N2O2. The third-order valence-corrected chi connectivity index (χ3v) is 4.91. The van der Waals surface area contributed by atoms with Crippen molar-refractivity contribution in [2.24, 2.45) is 11.1 Å². The number of halogens is 4. The Hall–Kier alpha value is -2.90. The Labute approximate surface area is 178 Å². The quantitative estimate of drug-likeness (QED) is 0.545. The molecule has 0 radical (unpaired) electrons. The topological polar surface area (TPSA) is 41.9 Å². The van der Waals surface area contributed by atoms with Crippen molar-refractivity contribution in [1.82, 2.24) is 4.90 Å². The fourth-order valence-electron chi connectivity index (χ4n) is 3.36. The molecule has 0 saturated heterocycles. The average molecular weight is 436 g/mol. The second kappa shape index (κ2) is 9.49. The van der Waals surface area contributed by atoms with Gasteiger partial charge in [-0.15, -0.1) is 0 Å². The summed E-state index contributed by atoms with van der Waals surface area (Å²) in [6.45, 7) is 4.24. The first-order valence-corrected chi connectivity index (χ1v) is 10.0. The third kappa shape index (κ3) is 6.29. The predicted octanol–water partition coefficient (Wildman–Crippen LogP) is 5.41. The van der Waals surface area contributed by atoms with Crippen LogP contribution in [0.3, 0.4) is 0 Å². The lowest BCUT2D eigenvalue weighted by Gasteiger charge is -2.26. The molecule has 0 N–H and O–H groups in total. The molecule has 0 saturated carbocycles. The van der Waals surface area contributed by atoms with Gasteiger partial charge in [-0.3, -0.25) is 4.79 Å². The molecule has 2 aromatic rings. The highest BCUT2D eigenvalue weighted by Gasteiger charge is 2.30. The van der Waals surface area contributed by atoms with Gasteiger partial charge in [-0.2, -0.15) is 13.2 Å². The lowest BCUT2D eigenvalue weighted by Crippen LogP contribution is -2.37. The van der Waals surface area contributed by atoms with Gasteiger partial charge in [0.1, 0.15) is 5.82 Å². The van der Waals surface area contributed by atoms with Gasteiger partial charge < -0.3 is 9.74 Å². The Morgan fingerprint density at radius 1 is 1.19 bits per heavy atom. The van der Waals surface area contributed by atoms with Gasteiger partial charge in [-0.25, -0.2) is 4.39 Å². The van der Waals surface area contributed by atoms with Crippen LogP contribution in [0.1, 0.15) is 43.4 Å². The number of amides is 1. The molecular weight excluding hydrogens is 412 g/mol.